The number of hydrogen-bond acceptors (Lipinski definition) is 5. The molecule has 1 amide bonds. The van der Waals surface area contributed by atoms with Crippen molar-refractivity contribution >= 4 is 17.3 Å². The summed E-state index contributed by atoms with van der Waals surface area (Å²) >= 11 is 0. The molecule has 108 valence electrons. The minimum absolute atomic E-state index is 0.0164. The first-order chi connectivity index (χ1) is 9.72. The van der Waals surface area contributed by atoms with E-state index in [-0.39, 0.29) is 18.6 Å². The Kier molecular flexibility index (Phi) is 3.64. The molecule has 2 aliphatic heterocycles. The second kappa shape index (κ2) is 5.58. The number of benzene rings is 1. The van der Waals surface area contributed by atoms with Gasteiger partial charge in [-0.1, -0.05) is 0 Å². The number of rotatable bonds is 3. The van der Waals surface area contributed by atoms with Crippen molar-refractivity contribution in [3.63, 3.8) is 0 Å². The highest BCUT2D eigenvalue weighted by Crippen LogP contribution is 2.36. The fourth-order valence-electron chi connectivity index (χ4n) is 2.37. The lowest BCUT2D eigenvalue weighted by Gasteiger charge is -2.24. The molecule has 1 aromatic rings. The van der Waals surface area contributed by atoms with Crippen LogP contribution in [0.3, 0.4) is 0 Å². The summed E-state index contributed by atoms with van der Waals surface area (Å²) in [5, 5.41) is 2.73. The average molecular weight is 278 g/mol. The Labute approximate surface area is 117 Å². The van der Waals surface area contributed by atoms with Crippen molar-refractivity contribution in [3.8, 4) is 11.5 Å². The van der Waals surface area contributed by atoms with Gasteiger partial charge in [-0.2, -0.15) is 0 Å². The van der Waals surface area contributed by atoms with Gasteiger partial charge in [-0.25, -0.2) is 0 Å². The smallest absolute Gasteiger partial charge is 0.262 e. The Balaban J connectivity index is 1.69. The molecule has 6 heteroatoms. The van der Waals surface area contributed by atoms with Gasteiger partial charge in [0.05, 0.1) is 17.5 Å². The van der Waals surface area contributed by atoms with Gasteiger partial charge in [-0.15, -0.1) is 0 Å². The van der Waals surface area contributed by atoms with Crippen molar-refractivity contribution in [3.05, 3.63) is 12.1 Å². The molecule has 1 saturated heterocycles. The summed E-state index contributed by atoms with van der Waals surface area (Å²) < 4.78 is 16.6. The summed E-state index contributed by atoms with van der Waals surface area (Å²) in [5.41, 5.74) is 7.03. The molecule has 1 aromatic carbocycles. The van der Waals surface area contributed by atoms with Crippen molar-refractivity contribution < 1.29 is 19.0 Å². The highest BCUT2D eigenvalue weighted by atomic mass is 16.5. The number of carbonyl (C=O) groups is 1. The van der Waals surface area contributed by atoms with E-state index < -0.39 is 0 Å². The number of anilines is 2. The van der Waals surface area contributed by atoms with Crippen LogP contribution in [0.15, 0.2) is 12.1 Å². The minimum atomic E-state index is -0.177. The molecule has 1 atom stereocenters. The van der Waals surface area contributed by atoms with Crippen LogP contribution >= 0.6 is 0 Å². The van der Waals surface area contributed by atoms with Gasteiger partial charge in [-0.05, 0) is 19.3 Å². The second-order valence-electron chi connectivity index (χ2n) is 5.02. The molecule has 0 bridgehead atoms. The van der Waals surface area contributed by atoms with Crippen molar-refractivity contribution in [2.45, 2.75) is 25.4 Å². The van der Waals surface area contributed by atoms with E-state index in [1.165, 1.54) is 0 Å². The van der Waals surface area contributed by atoms with Crippen molar-refractivity contribution in [1.82, 2.24) is 0 Å². The third kappa shape index (κ3) is 2.80. The highest BCUT2D eigenvalue weighted by Gasteiger charge is 2.20. The van der Waals surface area contributed by atoms with Crippen LogP contribution in [0.5, 0.6) is 11.5 Å². The van der Waals surface area contributed by atoms with Gasteiger partial charge in [-0.3, -0.25) is 4.79 Å². The summed E-state index contributed by atoms with van der Waals surface area (Å²) in [7, 11) is 0. The number of carbonyl (C=O) groups excluding carboxylic acids is 1. The largest absolute Gasteiger partial charge is 0.489 e. The van der Waals surface area contributed by atoms with E-state index in [1.54, 1.807) is 12.1 Å². The van der Waals surface area contributed by atoms with Crippen LogP contribution in [-0.2, 0) is 9.53 Å². The number of amides is 1. The molecule has 20 heavy (non-hydrogen) atoms. The van der Waals surface area contributed by atoms with E-state index in [1.807, 2.05) is 0 Å². The third-order valence-electron chi connectivity index (χ3n) is 3.44. The highest BCUT2D eigenvalue weighted by molar-refractivity contribution is 5.96. The first-order valence-electron chi connectivity index (χ1n) is 6.83. The Morgan fingerprint density at radius 2 is 2.30 bits per heavy atom. The van der Waals surface area contributed by atoms with Crippen LogP contribution < -0.4 is 20.5 Å². The lowest BCUT2D eigenvalue weighted by atomic mass is 10.1. The summed E-state index contributed by atoms with van der Waals surface area (Å²) in [5.74, 6) is 0.941. The molecular formula is C14H18N2O4. The molecule has 0 radical (unpaired) electrons. The maximum Gasteiger partial charge on any atom is 0.262 e. The van der Waals surface area contributed by atoms with Crippen LogP contribution in [-0.4, -0.2) is 31.8 Å². The normalized spacial score (nSPS) is 21.6. The van der Waals surface area contributed by atoms with Gasteiger partial charge in [0.15, 0.2) is 6.61 Å². The fraction of sp³-hybridized carbons (Fsp3) is 0.500. The van der Waals surface area contributed by atoms with E-state index in [2.05, 4.69) is 5.32 Å². The van der Waals surface area contributed by atoms with Gasteiger partial charge < -0.3 is 25.3 Å². The molecule has 6 nitrogen and oxygen atoms in total. The Morgan fingerprint density at radius 3 is 3.10 bits per heavy atom. The SMILES string of the molecule is Nc1cc2c(cc1OCC1CCCCO1)NC(=O)CO2. The molecular weight excluding hydrogens is 260 g/mol. The van der Waals surface area contributed by atoms with E-state index >= 15 is 0 Å². The molecule has 2 heterocycles. The Hall–Kier alpha value is -1.95. The third-order valence-corrected chi connectivity index (χ3v) is 3.44. The second-order valence-corrected chi connectivity index (χ2v) is 5.02. The quantitative estimate of drug-likeness (QED) is 0.820. The zero-order valence-corrected chi connectivity index (χ0v) is 11.2. The number of hydrogen-bond donors (Lipinski definition) is 2. The van der Waals surface area contributed by atoms with Crippen molar-refractivity contribution in [2.24, 2.45) is 0 Å². The number of nitrogen functional groups attached to an aromatic ring is 1. The number of ether oxygens (including phenoxy) is 3. The zero-order valence-electron chi connectivity index (χ0n) is 11.2. The molecule has 1 fully saturated rings. The molecule has 0 aromatic heterocycles. The van der Waals surface area contributed by atoms with Gasteiger partial charge in [0.2, 0.25) is 0 Å². The summed E-state index contributed by atoms with van der Waals surface area (Å²) in [4.78, 5) is 11.3. The predicted molar refractivity (Wildman–Crippen MR) is 74.1 cm³/mol. The molecule has 3 N–H and O–H groups in total. The first kappa shape index (κ1) is 13.1. The standard InChI is InChI=1S/C14H18N2O4/c15-10-5-13-11(16-14(17)8-20-13)6-12(10)19-7-9-3-1-2-4-18-9/h5-6,9H,1-4,7-8,15H2,(H,16,17). The van der Waals surface area contributed by atoms with E-state index in [9.17, 15) is 4.79 Å². The number of nitrogens with two attached hydrogens (primary N) is 1. The number of fused-ring (bicyclic) bond motifs is 1. The lowest BCUT2D eigenvalue weighted by Crippen LogP contribution is -2.27. The summed E-state index contributed by atoms with van der Waals surface area (Å²) in [6.45, 7) is 1.28. The molecule has 1 unspecified atom stereocenters. The van der Waals surface area contributed by atoms with E-state index in [0.717, 1.165) is 25.9 Å². The summed E-state index contributed by atoms with van der Waals surface area (Å²) in [6, 6.07) is 3.37. The van der Waals surface area contributed by atoms with Crippen LogP contribution in [0, 0.1) is 0 Å². The maximum atomic E-state index is 11.3. The minimum Gasteiger partial charge on any atom is -0.489 e. The van der Waals surface area contributed by atoms with Gasteiger partial charge in [0.25, 0.3) is 5.91 Å². The Morgan fingerprint density at radius 1 is 1.40 bits per heavy atom. The van der Waals surface area contributed by atoms with E-state index in [0.29, 0.717) is 29.5 Å². The van der Waals surface area contributed by atoms with E-state index in [4.69, 9.17) is 19.9 Å². The predicted octanol–water partition coefficient (Wildman–Crippen LogP) is 1.55. The first-order valence-corrected chi connectivity index (χ1v) is 6.83. The maximum absolute atomic E-state index is 11.3. The van der Waals surface area contributed by atoms with Crippen LogP contribution in [0.2, 0.25) is 0 Å². The zero-order chi connectivity index (χ0) is 13.9. The monoisotopic (exact) mass is 278 g/mol. The molecule has 2 aliphatic rings. The molecule has 3 rings (SSSR count). The number of nitrogens with one attached hydrogen (secondary N) is 1. The van der Waals surface area contributed by atoms with Crippen LogP contribution in [0.4, 0.5) is 11.4 Å². The van der Waals surface area contributed by atoms with Gasteiger partial charge >= 0.3 is 0 Å². The van der Waals surface area contributed by atoms with Gasteiger partial charge in [0, 0.05) is 18.7 Å². The molecule has 0 saturated carbocycles. The van der Waals surface area contributed by atoms with Gasteiger partial charge in [0.1, 0.15) is 18.1 Å². The topological polar surface area (TPSA) is 82.8 Å². The van der Waals surface area contributed by atoms with Crippen molar-refractivity contribution in [1.29, 1.82) is 0 Å². The average Bonchev–Trinajstić information content (AvgIpc) is 2.46. The lowest BCUT2D eigenvalue weighted by molar-refractivity contribution is -0.118. The van der Waals surface area contributed by atoms with Crippen LogP contribution in [0.1, 0.15) is 19.3 Å². The fourth-order valence-corrected chi connectivity index (χ4v) is 2.37. The summed E-state index contributed by atoms with van der Waals surface area (Å²) in [6.07, 6.45) is 3.40. The van der Waals surface area contributed by atoms with Crippen LogP contribution in [0.25, 0.3) is 0 Å². The Bertz CT molecular complexity index is 512. The molecule has 0 spiro atoms. The van der Waals surface area contributed by atoms with Crippen molar-refractivity contribution in [2.75, 3.05) is 30.9 Å². The molecule has 0 aliphatic carbocycles.